The van der Waals surface area contributed by atoms with Crippen LogP contribution in [0.25, 0.3) is 0 Å². The predicted molar refractivity (Wildman–Crippen MR) is 82.0 cm³/mol. The van der Waals surface area contributed by atoms with E-state index in [2.05, 4.69) is 0 Å². The highest BCUT2D eigenvalue weighted by atomic mass is 19.1. The van der Waals surface area contributed by atoms with Crippen molar-refractivity contribution in [1.29, 1.82) is 0 Å². The van der Waals surface area contributed by atoms with Gasteiger partial charge >= 0.3 is 0 Å². The van der Waals surface area contributed by atoms with Gasteiger partial charge in [0, 0.05) is 19.5 Å². The van der Waals surface area contributed by atoms with E-state index in [1.54, 1.807) is 19.2 Å². The van der Waals surface area contributed by atoms with Gasteiger partial charge in [-0.3, -0.25) is 9.59 Å². The largest absolute Gasteiger partial charge is 0.467 e. The van der Waals surface area contributed by atoms with Crippen LogP contribution >= 0.6 is 0 Å². The number of anilines is 1. The Balaban J connectivity index is 1.95. The minimum Gasteiger partial charge on any atom is -0.467 e. The van der Waals surface area contributed by atoms with Crippen LogP contribution in [0, 0.1) is 11.6 Å². The van der Waals surface area contributed by atoms with E-state index < -0.39 is 23.6 Å². The summed E-state index contributed by atoms with van der Waals surface area (Å²) in [6.45, 7) is -0.00703. The van der Waals surface area contributed by atoms with Gasteiger partial charge in [0.2, 0.25) is 11.8 Å². The third-order valence-electron chi connectivity index (χ3n) is 4.14. The molecule has 126 valence electrons. The van der Waals surface area contributed by atoms with Crippen molar-refractivity contribution in [3.05, 3.63) is 54.0 Å². The van der Waals surface area contributed by atoms with Crippen LogP contribution in [0.4, 0.5) is 14.5 Å². The molecule has 0 N–H and O–H groups in total. The molecule has 0 bridgehead atoms. The summed E-state index contributed by atoms with van der Waals surface area (Å²) in [4.78, 5) is 27.1. The molecule has 5 nitrogen and oxygen atoms in total. The van der Waals surface area contributed by atoms with Gasteiger partial charge in [-0.15, -0.1) is 0 Å². The molecule has 1 saturated heterocycles. The zero-order valence-corrected chi connectivity index (χ0v) is 13.0. The molecule has 2 aromatic rings. The minimum atomic E-state index is -0.845. The van der Waals surface area contributed by atoms with Crippen molar-refractivity contribution < 1.29 is 22.8 Å². The average molecular weight is 334 g/mol. The third-order valence-corrected chi connectivity index (χ3v) is 4.14. The Bertz CT molecular complexity index is 761. The van der Waals surface area contributed by atoms with Gasteiger partial charge in [0.1, 0.15) is 23.4 Å². The zero-order valence-electron chi connectivity index (χ0n) is 13.0. The Morgan fingerprint density at radius 3 is 2.75 bits per heavy atom. The highest BCUT2D eigenvalue weighted by Gasteiger charge is 2.37. The molecule has 24 heavy (non-hydrogen) atoms. The molecule has 7 heteroatoms. The van der Waals surface area contributed by atoms with Crippen LogP contribution in [0.15, 0.2) is 41.0 Å². The molecule has 0 radical (unpaired) electrons. The Labute approximate surface area is 137 Å². The average Bonchev–Trinajstić information content (AvgIpc) is 3.16. The van der Waals surface area contributed by atoms with Crippen molar-refractivity contribution in [3.8, 4) is 0 Å². The molecule has 0 spiro atoms. The van der Waals surface area contributed by atoms with Gasteiger partial charge in [0.25, 0.3) is 0 Å². The molecular weight excluding hydrogens is 318 g/mol. The zero-order chi connectivity index (χ0) is 17.3. The van der Waals surface area contributed by atoms with Crippen molar-refractivity contribution in [3.63, 3.8) is 0 Å². The Hall–Kier alpha value is -2.70. The molecule has 3 rings (SSSR count). The lowest BCUT2D eigenvalue weighted by Gasteiger charge is -2.28. The summed E-state index contributed by atoms with van der Waals surface area (Å²) in [6.07, 6.45) is 2.09. The fourth-order valence-electron chi connectivity index (χ4n) is 2.81. The summed E-state index contributed by atoms with van der Waals surface area (Å²) in [5.41, 5.74) is -0.0504. The fraction of sp³-hybridized carbons (Fsp3) is 0.294. The number of carbonyl (C=O) groups excluding carboxylic acids is 2. The molecule has 1 aliphatic heterocycles. The second-order valence-electron chi connectivity index (χ2n) is 5.66. The number of rotatable bonds is 4. The summed E-state index contributed by atoms with van der Waals surface area (Å²) in [7, 11) is 1.55. The number of furan rings is 1. The van der Waals surface area contributed by atoms with E-state index in [4.69, 9.17) is 4.42 Å². The maximum atomic E-state index is 14.2. The molecule has 1 atom stereocenters. The lowest BCUT2D eigenvalue weighted by molar-refractivity contribution is -0.132. The van der Waals surface area contributed by atoms with Crippen molar-refractivity contribution in [2.45, 2.75) is 25.4 Å². The summed E-state index contributed by atoms with van der Waals surface area (Å²) < 4.78 is 32.6. The van der Waals surface area contributed by atoms with E-state index in [-0.39, 0.29) is 24.6 Å². The number of likely N-dealkylation sites (tertiary alicyclic amines) is 1. The number of carbonyl (C=O) groups is 2. The molecular formula is C17H16F2N2O3. The second-order valence-corrected chi connectivity index (χ2v) is 5.66. The minimum absolute atomic E-state index is 0.00703. The van der Waals surface area contributed by atoms with E-state index in [0.717, 1.165) is 12.1 Å². The van der Waals surface area contributed by atoms with E-state index in [1.807, 2.05) is 0 Å². The van der Waals surface area contributed by atoms with E-state index in [1.165, 1.54) is 22.1 Å². The van der Waals surface area contributed by atoms with E-state index in [9.17, 15) is 18.4 Å². The first-order valence-corrected chi connectivity index (χ1v) is 7.52. The topological polar surface area (TPSA) is 53.8 Å². The van der Waals surface area contributed by atoms with Crippen LogP contribution in [0.3, 0.4) is 0 Å². The molecule has 0 unspecified atom stereocenters. The van der Waals surface area contributed by atoms with Gasteiger partial charge in [0.05, 0.1) is 18.5 Å². The maximum Gasteiger partial charge on any atom is 0.250 e. The van der Waals surface area contributed by atoms with Crippen LogP contribution in [0.5, 0.6) is 0 Å². The van der Waals surface area contributed by atoms with Gasteiger partial charge in [0.15, 0.2) is 0 Å². The van der Waals surface area contributed by atoms with Crippen LogP contribution in [0.1, 0.15) is 18.6 Å². The summed E-state index contributed by atoms with van der Waals surface area (Å²) >= 11 is 0. The maximum absolute atomic E-state index is 14.2. The quantitative estimate of drug-likeness (QED) is 0.864. The van der Waals surface area contributed by atoms with Crippen LogP contribution in [-0.4, -0.2) is 29.8 Å². The van der Waals surface area contributed by atoms with Crippen molar-refractivity contribution in [1.82, 2.24) is 4.90 Å². The van der Waals surface area contributed by atoms with Crippen molar-refractivity contribution in [2.75, 3.05) is 11.9 Å². The molecule has 1 aromatic carbocycles. The lowest BCUT2D eigenvalue weighted by Crippen LogP contribution is -2.45. The fourth-order valence-corrected chi connectivity index (χ4v) is 2.81. The first-order chi connectivity index (χ1) is 11.5. The number of hydrogen-bond acceptors (Lipinski definition) is 3. The Morgan fingerprint density at radius 2 is 2.17 bits per heavy atom. The number of halogens is 2. The highest BCUT2D eigenvalue weighted by Crippen LogP contribution is 2.27. The van der Waals surface area contributed by atoms with Gasteiger partial charge in [-0.2, -0.15) is 0 Å². The standard InChI is InChI=1S/C17H16F2N2O3/c1-20-15(6-7-16(20)22)17(23)21(10-12-3-2-8-24-12)14-5-4-11(18)9-13(14)19/h2-5,8-9,15H,6-7,10H2,1H3/t15-/m1/s1. The van der Waals surface area contributed by atoms with Gasteiger partial charge < -0.3 is 14.2 Å². The molecule has 0 aliphatic carbocycles. The first kappa shape index (κ1) is 16.2. The highest BCUT2D eigenvalue weighted by molar-refractivity contribution is 6.00. The predicted octanol–water partition coefficient (Wildman–Crippen LogP) is 2.71. The van der Waals surface area contributed by atoms with Crippen molar-refractivity contribution >= 4 is 17.5 Å². The number of nitrogens with zero attached hydrogens (tertiary/aromatic N) is 2. The molecule has 1 aromatic heterocycles. The number of hydrogen-bond donors (Lipinski definition) is 0. The van der Waals surface area contributed by atoms with Crippen LogP contribution in [0.2, 0.25) is 0 Å². The first-order valence-electron chi connectivity index (χ1n) is 7.52. The van der Waals surface area contributed by atoms with Gasteiger partial charge in [-0.1, -0.05) is 0 Å². The van der Waals surface area contributed by atoms with Crippen molar-refractivity contribution in [2.24, 2.45) is 0 Å². The smallest absolute Gasteiger partial charge is 0.250 e. The van der Waals surface area contributed by atoms with Gasteiger partial charge in [-0.25, -0.2) is 8.78 Å². The third kappa shape index (κ3) is 3.02. The lowest BCUT2D eigenvalue weighted by atomic mass is 10.1. The van der Waals surface area contributed by atoms with E-state index in [0.29, 0.717) is 12.2 Å². The molecule has 2 amide bonds. The summed E-state index contributed by atoms with van der Waals surface area (Å²) in [5.74, 6) is -1.67. The molecule has 1 fully saturated rings. The molecule has 0 saturated carbocycles. The number of benzene rings is 1. The second kappa shape index (κ2) is 6.43. The normalized spacial score (nSPS) is 17.4. The Morgan fingerprint density at radius 1 is 1.38 bits per heavy atom. The monoisotopic (exact) mass is 334 g/mol. The van der Waals surface area contributed by atoms with E-state index >= 15 is 0 Å². The summed E-state index contributed by atoms with van der Waals surface area (Å²) in [5, 5.41) is 0. The SMILES string of the molecule is CN1C(=O)CC[C@@H]1C(=O)N(Cc1ccco1)c1ccc(F)cc1F. The number of amides is 2. The Kier molecular flexibility index (Phi) is 4.33. The number of likely N-dealkylation sites (N-methyl/N-ethyl adjacent to an activating group) is 1. The molecule has 2 heterocycles. The van der Waals surface area contributed by atoms with Crippen LogP contribution in [-0.2, 0) is 16.1 Å². The summed E-state index contributed by atoms with van der Waals surface area (Å²) in [6, 6.07) is 5.67. The molecule has 1 aliphatic rings. The van der Waals surface area contributed by atoms with Crippen LogP contribution < -0.4 is 4.90 Å². The van der Waals surface area contributed by atoms with Gasteiger partial charge in [-0.05, 0) is 30.7 Å².